The number of nitro groups is 1. The molecule has 2 aromatic rings. The second kappa shape index (κ2) is 6.34. The van der Waals surface area contributed by atoms with Crippen molar-refractivity contribution in [2.75, 3.05) is 7.11 Å². The summed E-state index contributed by atoms with van der Waals surface area (Å²) in [6, 6.07) is 10.1. The van der Waals surface area contributed by atoms with Crippen molar-refractivity contribution in [3.63, 3.8) is 0 Å². The minimum atomic E-state index is -0.623. The number of hydrogen-bond acceptors (Lipinski definition) is 4. The lowest BCUT2D eigenvalue weighted by Crippen LogP contribution is -2.11. The molecule has 0 aliphatic carbocycles. The third-order valence-electron chi connectivity index (χ3n) is 3.44. The van der Waals surface area contributed by atoms with E-state index in [0.29, 0.717) is 5.56 Å². The number of rotatable bonds is 4. The largest absolute Gasteiger partial charge is 0.469 e. The highest BCUT2D eigenvalue weighted by Crippen LogP contribution is 2.32. The number of methoxy groups -OCH3 is 1. The molecule has 0 fully saturated rings. The zero-order valence-corrected chi connectivity index (χ0v) is 12.1. The van der Waals surface area contributed by atoms with Crippen molar-refractivity contribution in [3.05, 3.63) is 64.0 Å². The van der Waals surface area contributed by atoms with Gasteiger partial charge < -0.3 is 4.74 Å². The van der Waals surface area contributed by atoms with Gasteiger partial charge in [0.15, 0.2) is 0 Å². The van der Waals surface area contributed by atoms with Crippen molar-refractivity contribution in [1.29, 1.82) is 0 Å². The lowest BCUT2D eigenvalue weighted by atomic mass is 9.96. The Balaban J connectivity index is 2.48. The zero-order valence-electron chi connectivity index (χ0n) is 12.1. The number of halogens is 1. The summed E-state index contributed by atoms with van der Waals surface area (Å²) < 4.78 is 19.0. The van der Waals surface area contributed by atoms with Gasteiger partial charge in [-0.3, -0.25) is 14.9 Å². The van der Waals surface area contributed by atoms with Crippen LogP contribution in [0.4, 0.5) is 10.1 Å². The van der Waals surface area contributed by atoms with Crippen LogP contribution < -0.4 is 0 Å². The number of nitro benzene ring substituents is 1. The Labute approximate surface area is 126 Å². The molecule has 0 amide bonds. The molecule has 5 nitrogen and oxygen atoms in total. The van der Waals surface area contributed by atoms with Crippen molar-refractivity contribution >= 4 is 11.7 Å². The van der Waals surface area contributed by atoms with Crippen LogP contribution in [0.2, 0.25) is 0 Å². The van der Waals surface area contributed by atoms with Crippen molar-refractivity contribution in [1.82, 2.24) is 0 Å². The Hall–Kier alpha value is -2.76. The topological polar surface area (TPSA) is 69.4 Å². The molecule has 0 bridgehead atoms. The fraction of sp³-hybridized carbons (Fsp3) is 0.188. The van der Waals surface area contributed by atoms with Crippen LogP contribution in [0.3, 0.4) is 0 Å². The number of para-hydroxylation sites is 1. The van der Waals surface area contributed by atoms with E-state index in [-0.39, 0.29) is 16.8 Å². The molecule has 114 valence electrons. The quantitative estimate of drug-likeness (QED) is 0.491. The fourth-order valence-corrected chi connectivity index (χ4v) is 2.19. The third kappa shape index (κ3) is 2.95. The molecule has 1 unspecified atom stereocenters. The Bertz CT molecular complexity index is 730. The van der Waals surface area contributed by atoms with E-state index in [2.05, 4.69) is 4.74 Å². The minimum absolute atomic E-state index is 0.119. The Morgan fingerprint density at radius 2 is 1.91 bits per heavy atom. The van der Waals surface area contributed by atoms with E-state index in [9.17, 15) is 19.3 Å². The molecule has 1 atom stereocenters. The second-order valence-electron chi connectivity index (χ2n) is 4.76. The van der Waals surface area contributed by atoms with Crippen LogP contribution in [-0.2, 0) is 9.53 Å². The highest BCUT2D eigenvalue weighted by molar-refractivity contribution is 5.79. The van der Waals surface area contributed by atoms with Crippen molar-refractivity contribution in [3.8, 4) is 11.1 Å². The van der Waals surface area contributed by atoms with Crippen LogP contribution in [-0.4, -0.2) is 18.0 Å². The van der Waals surface area contributed by atoms with E-state index in [0.717, 1.165) is 0 Å². The van der Waals surface area contributed by atoms with Crippen LogP contribution >= 0.6 is 0 Å². The summed E-state index contributed by atoms with van der Waals surface area (Å²) in [6.45, 7) is 1.60. The predicted octanol–water partition coefficient (Wildman–Crippen LogP) is 3.68. The average Bonchev–Trinajstić information content (AvgIpc) is 2.53. The number of carbonyl (C=O) groups excluding carboxylic acids is 1. The Morgan fingerprint density at radius 1 is 1.23 bits per heavy atom. The molecule has 0 heterocycles. The first kappa shape index (κ1) is 15.6. The van der Waals surface area contributed by atoms with Crippen LogP contribution in [0.15, 0.2) is 42.5 Å². The van der Waals surface area contributed by atoms with Gasteiger partial charge in [-0.1, -0.05) is 24.3 Å². The van der Waals surface area contributed by atoms with E-state index in [4.69, 9.17) is 0 Å². The normalized spacial score (nSPS) is 11.8. The number of hydrogen-bond donors (Lipinski definition) is 0. The summed E-state index contributed by atoms with van der Waals surface area (Å²) in [4.78, 5) is 22.0. The molecule has 0 N–H and O–H groups in total. The van der Waals surface area contributed by atoms with Gasteiger partial charge in [0.1, 0.15) is 5.82 Å². The number of benzene rings is 2. The summed E-state index contributed by atoms with van der Waals surface area (Å²) in [6.07, 6.45) is 0. The van der Waals surface area contributed by atoms with Gasteiger partial charge in [0.05, 0.1) is 23.5 Å². The molecule has 0 aliphatic heterocycles. The van der Waals surface area contributed by atoms with Gasteiger partial charge in [-0.2, -0.15) is 0 Å². The first-order valence-corrected chi connectivity index (χ1v) is 6.56. The molecule has 0 radical (unpaired) electrons. The average molecular weight is 303 g/mol. The first-order chi connectivity index (χ1) is 10.5. The molecular formula is C16H14FNO4. The Kier molecular flexibility index (Phi) is 4.50. The highest BCUT2D eigenvalue weighted by atomic mass is 19.1. The molecule has 0 spiro atoms. The van der Waals surface area contributed by atoms with Gasteiger partial charge in [0, 0.05) is 11.6 Å². The molecule has 0 aliphatic rings. The van der Waals surface area contributed by atoms with Crippen molar-refractivity contribution < 1.29 is 18.8 Å². The molecule has 22 heavy (non-hydrogen) atoms. The van der Waals surface area contributed by atoms with Gasteiger partial charge in [0.25, 0.3) is 5.69 Å². The SMILES string of the molecule is COC(=O)C(C)c1ccc(-c2ccccc2[N+](=O)[O-])c(F)c1. The Morgan fingerprint density at radius 3 is 2.50 bits per heavy atom. The van der Waals surface area contributed by atoms with Gasteiger partial charge in [-0.25, -0.2) is 4.39 Å². The molecule has 2 aromatic carbocycles. The lowest BCUT2D eigenvalue weighted by molar-refractivity contribution is -0.384. The summed E-state index contributed by atoms with van der Waals surface area (Å²) >= 11 is 0. The van der Waals surface area contributed by atoms with Crippen LogP contribution in [0.1, 0.15) is 18.4 Å². The number of ether oxygens (including phenoxy) is 1. The number of nitrogens with zero attached hydrogens (tertiary/aromatic N) is 1. The predicted molar refractivity (Wildman–Crippen MR) is 78.9 cm³/mol. The molecule has 0 saturated heterocycles. The van der Waals surface area contributed by atoms with Crippen LogP contribution in [0.5, 0.6) is 0 Å². The van der Waals surface area contributed by atoms with Gasteiger partial charge in [0.2, 0.25) is 0 Å². The molecular weight excluding hydrogens is 289 g/mol. The van der Waals surface area contributed by atoms with Gasteiger partial charge >= 0.3 is 5.97 Å². The number of carbonyl (C=O) groups is 1. The van der Waals surface area contributed by atoms with E-state index in [1.807, 2.05) is 0 Å². The lowest BCUT2D eigenvalue weighted by Gasteiger charge is -2.11. The zero-order chi connectivity index (χ0) is 16.3. The molecule has 2 rings (SSSR count). The molecule has 0 aromatic heterocycles. The molecule has 0 saturated carbocycles. The maximum Gasteiger partial charge on any atom is 0.312 e. The van der Waals surface area contributed by atoms with Gasteiger partial charge in [-0.15, -0.1) is 0 Å². The summed E-state index contributed by atoms with van der Waals surface area (Å²) in [5, 5.41) is 11.0. The maximum atomic E-state index is 14.3. The van der Waals surface area contributed by atoms with E-state index < -0.39 is 22.6 Å². The molecule has 6 heteroatoms. The van der Waals surface area contributed by atoms with E-state index in [1.165, 1.54) is 37.4 Å². The second-order valence-corrected chi connectivity index (χ2v) is 4.76. The third-order valence-corrected chi connectivity index (χ3v) is 3.44. The highest BCUT2D eigenvalue weighted by Gasteiger charge is 2.20. The van der Waals surface area contributed by atoms with Crippen LogP contribution in [0.25, 0.3) is 11.1 Å². The van der Waals surface area contributed by atoms with Gasteiger partial charge in [-0.05, 0) is 24.6 Å². The smallest absolute Gasteiger partial charge is 0.312 e. The van der Waals surface area contributed by atoms with Crippen LogP contribution in [0, 0.1) is 15.9 Å². The van der Waals surface area contributed by atoms with Crippen molar-refractivity contribution in [2.45, 2.75) is 12.8 Å². The monoisotopic (exact) mass is 303 g/mol. The number of esters is 1. The first-order valence-electron chi connectivity index (χ1n) is 6.56. The summed E-state index contributed by atoms with van der Waals surface area (Å²) in [7, 11) is 1.26. The van der Waals surface area contributed by atoms with E-state index in [1.54, 1.807) is 19.1 Å². The fourth-order valence-electron chi connectivity index (χ4n) is 2.19. The maximum absolute atomic E-state index is 14.3. The standard InChI is InChI=1S/C16H14FNO4/c1-10(16(19)22-2)11-7-8-12(14(17)9-11)13-5-3-4-6-15(13)18(20)21/h3-10H,1-2H3. The summed E-state index contributed by atoms with van der Waals surface area (Å²) in [5.41, 5.74) is 0.595. The summed E-state index contributed by atoms with van der Waals surface area (Å²) in [5.74, 6) is -1.71. The minimum Gasteiger partial charge on any atom is -0.469 e. The van der Waals surface area contributed by atoms with Crippen molar-refractivity contribution in [2.24, 2.45) is 0 Å². The van der Waals surface area contributed by atoms with E-state index >= 15 is 0 Å².